The summed E-state index contributed by atoms with van der Waals surface area (Å²) in [6, 6.07) is 14.4. The van der Waals surface area contributed by atoms with Gasteiger partial charge in [-0.25, -0.2) is 0 Å². The first-order chi connectivity index (χ1) is 11.9. The number of hydrogen-bond acceptors (Lipinski definition) is 2. The van der Waals surface area contributed by atoms with Crippen LogP contribution in [0, 0.1) is 6.92 Å². The van der Waals surface area contributed by atoms with Gasteiger partial charge in [-0.1, -0.05) is 35.3 Å². The predicted octanol–water partition coefficient (Wildman–Crippen LogP) is 5.21. The second-order valence-electron chi connectivity index (χ2n) is 6.42. The van der Waals surface area contributed by atoms with Gasteiger partial charge in [-0.05, 0) is 62.0 Å². The molecule has 1 N–H and O–H groups in total. The third-order valence-corrected chi connectivity index (χ3v) is 5.16. The molecule has 0 amide bonds. The van der Waals surface area contributed by atoms with Gasteiger partial charge in [0.05, 0.1) is 0 Å². The minimum absolute atomic E-state index is 0.373. The van der Waals surface area contributed by atoms with E-state index in [0.717, 1.165) is 25.3 Å². The number of nitrogens with one attached hydrogen (secondary N) is 1. The lowest BCUT2D eigenvalue weighted by molar-refractivity contribution is 0.342. The molecule has 1 atom stereocenters. The summed E-state index contributed by atoms with van der Waals surface area (Å²) in [6.45, 7) is 7.03. The monoisotopic (exact) mass is 393 g/mol. The van der Waals surface area contributed by atoms with Crippen LogP contribution in [0.5, 0.6) is 0 Å². The third kappa shape index (κ3) is 4.57. The maximum absolute atomic E-state index is 6.05. The molecule has 0 saturated carbocycles. The van der Waals surface area contributed by atoms with Gasteiger partial charge in [0, 0.05) is 47.1 Å². The number of hydrogen-bond donors (Lipinski definition) is 1. The van der Waals surface area contributed by atoms with E-state index in [1.807, 2.05) is 12.1 Å². The molecule has 3 nitrogen and oxygen atoms in total. The van der Waals surface area contributed by atoms with Crippen LogP contribution < -0.4 is 10.2 Å². The highest BCUT2D eigenvalue weighted by atomic mass is 35.5. The van der Waals surface area contributed by atoms with Crippen LogP contribution in [0.4, 0.5) is 11.4 Å². The van der Waals surface area contributed by atoms with Gasteiger partial charge in [-0.15, -0.1) is 0 Å². The van der Waals surface area contributed by atoms with Gasteiger partial charge < -0.3 is 15.1 Å². The van der Waals surface area contributed by atoms with Crippen molar-refractivity contribution < 1.29 is 0 Å². The van der Waals surface area contributed by atoms with Gasteiger partial charge in [0.1, 0.15) is 0 Å². The Hall–Kier alpha value is -1.49. The Labute approximate surface area is 164 Å². The van der Waals surface area contributed by atoms with E-state index in [1.54, 1.807) is 6.07 Å². The van der Waals surface area contributed by atoms with E-state index in [9.17, 15) is 0 Å². The molecular weight excluding hydrogens is 373 g/mol. The van der Waals surface area contributed by atoms with Crippen LogP contribution in [0.2, 0.25) is 10.0 Å². The molecule has 0 aromatic heterocycles. The summed E-state index contributed by atoms with van der Waals surface area (Å²) >= 11 is 17.7. The highest BCUT2D eigenvalue weighted by Gasteiger charge is 2.25. The van der Waals surface area contributed by atoms with Crippen LogP contribution in [0.15, 0.2) is 42.5 Å². The molecule has 1 saturated heterocycles. The van der Waals surface area contributed by atoms with E-state index >= 15 is 0 Å². The average molecular weight is 394 g/mol. The Balaban J connectivity index is 1.65. The Morgan fingerprint density at radius 2 is 1.84 bits per heavy atom. The minimum atomic E-state index is 0.373. The maximum Gasteiger partial charge on any atom is 0.173 e. The zero-order valence-corrected chi connectivity index (χ0v) is 16.6. The normalized spacial score (nSPS) is 17.5. The minimum Gasteiger partial charge on any atom is -0.365 e. The zero-order valence-electron chi connectivity index (χ0n) is 14.3. The molecule has 1 fully saturated rings. The number of halogens is 2. The largest absolute Gasteiger partial charge is 0.365 e. The smallest absolute Gasteiger partial charge is 0.173 e. The van der Waals surface area contributed by atoms with Crippen LogP contribution in [-0.4, -0.2) is 35.7 Å². The molecule has 2 aromatic carbocycles. The van der Waals surface area contributed by atoms with Crippen LogP contribution >= 0.6 is 35.4 Å². The van der Waals surface area contributed by atoms with Crippen molar-refractivity contribution in [3.8, 4) is 0 Å². The molecule has 6 heteroatoms. The second-order valence-corrected chi connectivity index (χ2v) is 7.68. The highest BCUT2D eigenvalue weighted by molar-refractivity contribution is 7.80. The van der Waals surface area contributed by atoms with E-state index in [2.05, 4.69) is 53.2 Å². The first-order valence-corrected chi connectivity index (χ1v) is 9.44. The second kappa shape index (κ2) is 7.81. The number of benzene rings is 2. The van der Waals surface area contributed by atoms with E-state index in [1.165, 1.54) is 11.3 Å². The number of piperazine rings is 1. The molecule has 0 radical (unpaired) electrons. The standard InChI is InChI=1S/C19H21Cl2N3S/c1-13-4-3-5-18(8-13)24-7-6-23(12-14(24)2)19(25)22-17-10-15(20)9-16(21)11-17/h3-5,8-11,14H,6-7,12H2,1-2H3,(H,22,25). The molecule has 25 heavy (non-hydrogen) atoms. The summed E-state index contributed by atoms with van der Waals surface area (Å²) in [5.74, 6) is 0. The fourth-order valence-corrected chi connectivity index (χ4v) is 3.97. The van der Waals surface area contributed by atoms with Crippen LogP contribution in [0.25, 0.3) is 0 Å². The number of nitrogens with zero attached hydrogens (tertiary/aromatic N) is 2. The van der Waals surface area contributed by atoms with E-state index in [0.29, 0.717) is 21.2 Å². The van der Waals surface area contributed by atoms with Crippen LogP contribution in [0.1, 0.15) is 12.5 Å². The molecule has 1 aliphatic rings. The lowest BCUT2D eigenvalue weighted by Gasteiger charge is -2.42. The van der Waals surface area contributed by atoms with Crippen molar-refractivity contribution in [2.45, 2.75) is 19.9 Å². The quantitative estimate of drug-likeness (QED) is 0.705. The lowest BCUT2D eigenvalue weighted by atomic mass is 10.1. The fraction of sp³-hybridized carbons (Fsp3) is 0.316. The van der Waals surface area contributed by atoms with Gasteiger partial charge >= 0.3 is 0 Å². The zero-order chi connectivity index (χ0) is 18.0. The van der Waals surface area contributed by atoms with Gasteiger partial charge in [-0.3, -0.25) is 0 Å². The molecule has 0 bridgehead atoms. The van der Waals surface area contributed by atoms with E-state index < -0.39 is 0 Å². The van der Waals surface area contributed by atoms with Crippen molar-refractivity contribution in [3.63, 3.8) is 0 Å². The van der Waals surface area contributed by atoms with Crippen molar-refractivity contribution >= 4 is 51.9 Å². The SMILES string of the molecule is Cc1cccc(N2CCN(C(=S)Nc3cc(Cl)cc(Cl)c3)CC2C)c1. The van der Waals surface area contributed by atoms with Crippen LogP contribution in [-0.2, 0) is 0 Å². The first-order valence-electron chi connectivity index (χ1n) is 8.28. The molecule has 1 aliphatic heterocycles. The summed E-state index contributed by atoms with van der Waals surface area (Å²) in [5, 5.41) is 5.14. The van der Waals surface area contributed by atoms with Crippen molar-refractivity contribution in [2.24, 2.45) is 0 Å². The molecule has 1 heterocycles. The third-order valence-electron chi connectivity index (χ3n) is 4.36. The Morgan fingerprint density at radius 3 is 2.48 bits per heavy atom. The highest BCUT2D eigenvalue weighted by Crippen LogP contribution is 2.24. The van der Waals surface area contributed by atoms with E-state index in [-0.39, 0.29) is 0 Å². The first kappa shape index (κ1) is 18.3. The summed E-state index contributed by atoms with van der Waals surface area (Å²) in [5.41, 5.74) is 3.37. The number of thiocarbonyl (C=S) groups is 1. The van der Waals surface area contributed by atoms with Crippen molar-refractivity contribution in [1.82, 2.24) is 4.90 Å². The predicted molar refractivity (Wildman–Crippen MR) is 112 cm³/mol. The Morgan fingerprint density at radius 1 is 1.12 bits per heavy atom. The topological polar surface area (TPSA) is 18.5 Å². The number of anilines is 2. The van der Waals surface area contributed by atoms with Gasteiger partial charge in [0.25, 0.3) is 0 Å². The molecule has 3 rings (SSSR count). The molecular formula is C19H21Cl2N3S. The van der Waals surface area contributed by atoms with Crippen LogP contribution in [0.3, 0.4) is 0 Å². The average Bonchev–Trinajstić information content (AvgIpc) is 2.53. The maximum atomic E-state index is 6.05. The number of aryl methyl sites for hydroxylation is 1. The molecule has 0 spiro atoms. The molecule has 2 aromatic rings. The Kier molecular flexibility index (Phi) is 5.72. The van der Waals surface area contributed by atoms with E-state index in [4.69, 9.17) is 35.4 Å². The molecule has 1 unspecified atom stereocenters. The molecule has 0 aliphatic carbocycles. The summed E-state index contributed by atoms with van der Waals surface area (Å²) in [7, 11) is 0. The number of rotatable bonds is 2. The Bertz CT molecular complexity index is 761. The molecule has 132 valence electrons. The lowest BCUT2D eigenvalue weighted by Crippen LogP contribution is -2.54. The van der Waals surface area contributed by atoms with Crippen molar-refractivity contribution in [2.75, 3.05) is 29.9 Å². The van der Waals surface area contributed by atoms with Gasteiger partial charge in [0.2, 0.25) is 0 Å². The summed E-state index contributed by atoms with van der Waals surface area (Å²) in [6.07, 6.45) is 0. The summed E-state index contributed by atoms with van der Waals surface area (Å²) < 4.78 is 0. The van der Waals surface area contributed by atoms with Crippen molar-refractivity contribution in [1.29, 1.82) is 0 Å². The fourth-order valence-electron chi connectivity index (χ4n) is 3.16. The van der Waals surface area contributed by atoms with Gasteiger partial charge in [-0.2, -0.15) is 0 Å². The summed E-state index contributed by atoms with van der Waals surface area (Å²) in [4.78, 5) is 4.63. The van der Waals surface area contributed by atoms with Gasteiger partial charge in [0.15, 0.2) is 5.11 Å². The van der Waals surface area contributed by atoms with Crippen molar-refractivity contribution in [3.05, 3.63) is 58.1 Å².